The van der Waals surface area contributed by atoms with E-state index in [1.54, 1.807) is 0 Å². The van der Waals surface area contributed by atoms with Gasteiger partial charge >= 0.3 is 15.7 Å². The highest BCUT2D eigenvalue weighted by Crippen LogP contribution is 2.22. The molecule has 0 radical (unpaired) electrons. The smallest absolute Gasteiger partial charge is 0.339 e. The lowest BCUT2D eigenvalue weighted by molar-refractivity contribution is 0.483. The normalized spacial score (nSPS) is 11.5. The molecule has 0 saturated carbocycles. The molecule has 0 aliphatic carbocycles. The summed E-state index contributed by atoms with van der Waals surface area (Å²) >= 11 is 0. The molecule has 0 atom stereocenters. The molecule has 1 aromatic heterocycles. The number of fused-ring (bicyclic) bond motifs is 1. The van der Waals surface area contributed by atoms with Crippen molar-refractivity contribution < 1.29 is 21.4 Å². The predicted octanol–water partition coefficient (Wildman–Crippen LogP) is 2.70. The van der Waals surface area contributed by atoms with Gasteiger partial charge in [-0.05, 0) is 36.4 Å². The van der Waals surface area contributed by atoms with Gasteiger partial charge in [0.2, 0.25) is 0 Å². The molecule has 0 bridgehead atoms. The lowest BCUT2D eigenvalue weighted by Crippen LogP contribution is -2.10. The average Bonchev–Trinajstić information content (AvgIpc) is 2.46. The molecule has 0 amide bonds. The molecular weight excluding hydrogens is 311 g/mol. The summed E-state index contributed by atoms with van der Waals surface area (Å²) in [5, 5.41) is 0.434. The van der Waals surface area contributed by atoms with Crippen molar-refractivity contribution in [3.63, 3.8) is 0 Å². The van der Waals surface area contributed by atoms with Crippen molar-refractivity contribution in [2.24, 2.45) is 0 Å². The molecule has 0 unspecified atom stereocenters. The van der Waals surface area contributed by atoms with Gasteiger partial charge in [-0.1, -0.05) is 6.07 Å². The standard InChI is InChI=1S/C15H9FO5S/c16-11-2-1-3-12(9-11)21-22(18,19)13-5-6-14-10(8-13)4-7-15(17)20-14/h1-9H. The zero-order valence-corrected chi connectivity index (χ0v) is 11.8. The Morgan fingerprint density at radius 1 is 1.00 bits per heavy atom. The molecule has 112 valence electrons. The van der Waals surface area contributed by atoms with Crippen molar-refractivity contribution in [1.29, 1.82) is 0 Å². The van der Waals surface area contributed by atoms with E-state index in [1.807, 2.05) is 0 Å². The largest absolute Gasteiger partial charge is 0.423 e. The van der Waals surface area contributed by atoms with Crippen LogP contribution < -0.4 is 9.81 Å². The summed E-state index contributed by atoms with van der Waals surface area (Å²) < 4.78 is 47.3. The fraction of sp³-hybridized carbons (Fsp3) is 0. The van der Waals surface area contributed by atoms with Crippen LogP contribution in [0, 0.1) is 5.82 Å². The molecule has 3 aromatic rings. The van der Waals surface area contributed by atoms with Crippen molar-refractivity contribution in [2.45, 2.75) is 4.90 Å². The van der Waals surface area contributed by atoms with Gasteiger partial charge in [0.15, 0.2) is 0 Å². The highest BCUT2D eigenvalue weighted by molar-refractivity contribution is 7.87. The van der Waals surface area contributed by atoms with Gasteiger partial charge in [-0.2, -0.15) is 8.42 Å². The van der Waals surface area contributed by atoms with Crippen molar-refractivity contribution in [3.8, 4) is 5.75 Å². The molecule has 0 aliphatic rings. The van der Waals surface area contributed by atoms with E-state index in [0.29, 0.717) is 5.39 Å². The molecule has 1 heterocycles. The van der Waals surface area contributed by atoms with Gasteiger partial charge in [0.05, 0.1) is 0 Å². The van der Waals surface area contributed by atoms with E-state index in [-0.39, 0.29) is 16.2 Å². The molecule has 7 heteroatoms. The van der Waals surface area contributed by atoms with Crippen LogP contribution in [0.25, 0.3) is 11.0 Å². The first-order chi connectivity index (χ1) is 10.4. The Bertz CT molecular complexity index is 1010. The third-order valence-corrected chi connectivity index (χ3v) is 4.12. The summed E-state index contributed by atoms with van der Waals surface area (Å²) in [6.07, 6.45) is 0. The minimum Gasteiger partial charge on any atom is -0.423 e. The van der Waals surface area contributed by atoms with Crippen LogP contribution in [-0.2, 0) is 10.1 Å². The van der Waals surface area contributed by atoms with Crippen LogP contribution in [0.2, 0.25) is 0 Å². The SMILES string of the molecule is O=c1ccc2cc(S(=O)(=O)Oc3cccc(F)c3)ccc2o1. The third kappa shape index (κ3) is 2.84. The minimum atomic E-state index is -4.12. The Morgan fingerprint density at radius 3 is 2.59 bits per heavy atom. The quantitative estimate of drug-likeness (QED) is 0.548. The lowest BCUT2D eigenvalue weighted by atomic mass is 10.2. The van der Waals surface area contributed by atoms with E-state index in [2.05, 4.69) is 0 Å². The molecule has 0 N–H and O–H groups in total. The lowest BCUT2D eigenvalue weighted by Gasteiger charge is -2.07. The number of halogens is 1. The Hall–Kier alpha value is -2.67. The van der Waals surface area contributed by atoms with E-state index in [9.17, 15) is 17.6 Å². The van der Waals surface area contributed by atoms with Crippen molar-refractivity contribution >= 4 is 21.1 Å². The van der Waals surface area contributed by atoms with Crippen LogP contribution in [-0.4, -0.2) is 8.42 Å². The fourth-order valence-electron chi connectivity index (χ4n) is 1.90. The number of hydrogen-bond acceptors (Lipinski definition) is 5. The summed E-state index contributed by atoms with van der Waals surface area (Å²) in [5.41, 5.74) is -0.267. The number of rotatable bonds is 3. The minimum absolute atomic E-state index is 0.125. The second-order valence-electron chi connectivity index (χ2n) is 4.45. The van der Waals surface area contributed by atoms with Crippen LogP contribution in [0.5, 0.6) is 5.75 Å². The summed E-state index contributed by atoms with van der Waals surface area (Å²) in [4.78, 5) is 11.0. The van der Waals surface area contributed by atoms with Gasteiger partial charge in [-0.3, -0.25) is 0 Å². The molecule has 5 nitrogen and oxygen atoms in total. The summed E-state index contributed by atoms with van der Waals surface area (Å²) in [7, 11) is -4.12. The maximum Gasteiger partial charge on any atom is 0.339 e. The third-order valence-electron chi connectivity index (χ3n) is 2.88. The van der Waals surface area contributed by atoms with Crippen LogP contribution in [0.4, 0.5) is 4.39 Å². The fourth-order valence-corrected chi connectivity index (χ4v) is 2.86. The number of hydrogen-bond donors (Lipinski definition) is 0. The Kier molecular flexibility index (Phi) is 3.42. The Balaban J connectivity index is 2.01. The molecule has 0 aliphatic heterocycles. The predicted molar refractivity (Wildman–Crippen MR) is 76.7 cm³/mol. The zero-order chi connectivity index (χ0) is 15.7. The van der Waals surface area contributed by atoms with Gasteiger partial charge in [0, 0.05) is 17.5 Å². The average molecular weight is 320 g/mol. The maximum atomic E-state index is 13.1. The molecule has 0 spiro atoms. The molecule has 0 saturated heterocycles. The molecular formula is C15H9FO5S. The van der Waals surface area contributed by atoms with Gasteiger partial charge in [0.25, 0.3) is 0 Å². The van der Waals surface area contributed by atoms with Crippen LogP contribution in [0.1, 0.15) is 0 Å². The second kappa shape index (κ2) is 5.27. The van der Waals surface area contributed by atoms with Gasteiger partial charge < -0.3 is 8.60 Å². The maximum absolute atomic E-state index is 13.1. The highest BCUT2D eigenvalue weighted by atomic mass is 32.2. The first kappa shape index (κ1) is 14.3. The zero-order valence-electron chi connectivity index (χ0n) is 11.0. The van der Waals surface area contributed by atoms with Gasteiger partial charge in [-0.25, -0.2) is 9.18 Å². The van der Waals surface area contributed by atoms with E-state index in [4.69, 9.17) is 8.60 Å². The van der Waals surface area contributed by atoms with Crippen molar-refractivity contribution in [2.75, 3.05) is 0 Å². The first-order valence-electron chi connectivity index (χ1n) is 6.18. The van der Waals surface area contributed by atoms with Gasteiger partial charge in [0.1, 0.15) is 22.0 Å². The van der Waals surface area contributed by atoms with E-state index in [1.165, 1.54) is 48.5 Å². The molecule has 2 aromatic carbocycles. The second-order valence-corrected chi connectivity index (χ2v) is 6.00. The van der Waals surface area contributed by atoms with Gasteiger partial charge in [-0.15, -0.1) is 0 Å². The van der Waals surface area contributed by atoms with Crippen molar-refractivity contribution in [1.82, 2.24) is 0 Å². The monoisotopic (exact) mass is 320 g/mol. The van der Waals surface area contributed by atoms with Crippen LogP contribution in [0.3, 0.4) is 0 Å². The molecule has 3 rings (SSSR count). The molecule has 22 heavy (non-hydrogen) atoms. The summed E-state index contributed by atoms with van der Waals surface area (Å²) in [6.45, 7) is 0. The van der Waals surface area contributed by atoms with E-state index < -0.39 is 21.6 Å². The highest BCUT2D eigenvalue weighted by Gasteiger charge is 2.17. The molecule has 0 fully saturated rings. The Morgan fingerprint density at radius 2 is 1.82 bits per heavy atom. The van der Waals surface area contributed by atoms with Crippen LogP contribution >= 0.6 is 0 Å². The van der Waals surface area contributed by atoms with E-state index in [0.717, 1.165) is 6.07 Å². The number of benzene rings is 2. The Labute approximate surface area is 124 Å². The van der Waals surface area contributed by atoms with Crippen LogP contribution in [0.15, 0.2) is 68.7 Å². The summed E-state index contributed by atoms with van der Waals surface area (Å²) in [6, 6.07) is 11.4. The topological polar surface area (TPSA) is 73.6 Å². The summed E-state index contributed by atoms with van der Waals surface area (Å²) in [5.74, 6) is -0.729. The van der Waals surface area contributed by atoms with Crippen molar-refractivity contribution in [3.05, 3.63) is 70.8 Å². The van der Waals surface area contributed by atoms with E-state index >= 15 is 0 Å². The first-order valence-corrected chi connectivity index (χ1v) is 7.59.